The summed E-state index contributed by atoms with van der Waals surface area (Å²) in [5.74, 6) is 0.397. The molecule has 0 spiro atoms. The quantitative estimate of drug-likeness (QED) is 0.659. The molecular formula is C17H20F2O. The monoisotopic (exact) mass is 278 g/mol. The molecule has 1 nitrogen and oxygen atoms in total. The number of phenolic OH excluding ortho intramolecular Hbond substituents is 1. The lowest BCUT2D eigenvalue weighted by molar-refractivity contribution is 0.435. The first-order valence-corrected chi connectivity index (χ1v) is 6.63. The van der Waals surface area contributed by atoms with E-state index < -0.39 is 17.4 Å². The Morgan fingerprint density at radius 1 is 1.10 bits per heavy atom. The van der Waals surface area contributed by atoms with Crippen molar-refractivity contribution in [3.8, 4) is 18.1 Å². The zero-order chi connectivity index (χ0) is 15.9. The van der Waals surface area contributed by atoms with Crippen LogP contribution < -0.4 is 0 Å². The van der Waals surface area contributed by atoms with E-state index in [9.17, 15) is 13.9 Å². The van der Waals surface area contributed by atoms with Crippen molar-refractivity contribution in [2.45, 2.75) is 34.6 Å². The van der Waals surface area contributed by atoms with Crippen molar-refractivity contribution in [1.29, 1.82) is 0 Å². The van der Waals surface area contributed by atoms with Crippen molar-refractivity contribution in [2.75, 3.05) is 0 Å². The number of fused-ring (bicyclic) bond motifs is 1. The molecule has 2 aromatic rings. The zero-order valence-electron chi connectivity index (χ0n) is 12.5. The summed E-state index contributed by atoms with van der Waals surface area (Å²) in [6, 6.07) is 3.60. The van der Waals surface area contributed by atoms with Gasteiger partial charge < -0.3 is 5.11 Å². The van der Waals surface area contributed by atoms with E-state index in [2.05, 4.69) is 5.92 Å². The van der Waals surface area contributed by atoms with E-state index in [-0.39, 0.29) is 10.9 Å². The van der Waals surface area contributed by atoms with E-state index >= 15 is 0 Å². The van der Waals surface area contributed by atoms with Crippen LogP contribution in [0.5, 0.6) is 5.75 Å². The predicted octanol–water partition coefficient (Wildman–Crippen LogP) is 5.17. The van der Waals surface area contributed by atoms with Gasteiger partial charge in [-0.1, -0.05) is 33.6 Å². The van der Waals surface area contributed by atoms with Gasteiger partial charge in [-0.25, -0.2) is 8.78 Å². The molecule has 0 aromatic heterocycles. The van der Waals surface area contributed by atoms with E-state index in [0.29, 0.717) is 10.9 Å². The number of rotatable bonds is 0. The highest BCUT2D eigenvalue weighted by atomic mass is 19.1. The average molecular weight is 278 g/mol. The maximum atomic E-state index is 13.6. The molecule has 0 aliphatic carbocycles. The SMILES string of the molecule is C#Cc1c(F)ccc2c(F)c(O)cc(C)c12.CC.CC. The second-order valence-electron chi connectivity index (χ2n) is 3.52. The number of hydrogen-bond acceptors (Lipinski definition) is 1. The number of aryl methyl sites for hydroxylation is 1. The summed E-state index contributed by atoms with van der Waals surface area (Å²) in [4.78, 5) is 0. The lowest BCUT2D eigenvalue weighted by Gasteiger charge is -2.08. The summed E-state index contributed by atoms with van der Waals surface area (Å²) in [5.41, 5.74) is 0.565. The van der Waals surface area contributed by atoms with Crippen molar-refractivity contribution < 1.29 is 13.9 Å². The summed E-state index contributed by atoms with van der Waals surface area (Å²) < 4.78 is 27.0. The summed E-state index contributed by atoms with van der Waals surface area (Å²) in [6.07, 6.45) is 5.20. The predicted molar refractivity (Wildman–Crippen MR) is 80.9 cm³/mol. The third-order valence-electron chi connectivity index (χ3n) is 2.51. The number of phenols is 1. The minimum atomic E-state index is -0.780. The molecule has 0 atom stereocenters. The number of hydrogen-bond donors (Lipinski definition) is 1. The molecule has 2 rings (SSSR count). The van der Waals surface area contributed by atoms with E-state index in [1.807, 2.05) is 27.7 Å². The van der Waals surface area contributed by atoms with Crippen LogP contribution in [0.4, 0.5) is 8.78 Å². The fraction of sp³-hybridized carbons (Fsp3) is 0.294. The maximum absolute atomic E-state index is 13.6. The molecule has 0 saturated heterocycles. The Bertz CT molecular complexity index is 625. The topological polar surface area (TPSA) is 20.2 Å². The molecule has 0 aliphatic rings. The average Bonchev–Trinajstić information content (AvgIpc) is 2.48. The molecule has 0 fully saturated rings. The molecule has 108 valence electrons. The summed E-state index contributed by atoms with van der Waals surface area (Å²) in [6.45, 7) is 9.64. The second-order valence-corrected chi connectivity index (χ2v) is 3.52. The highest BCUT2D eigenvalue weighted by Gasteiger charge is 2.14. The van der Waals surface area contributed by atoms with Crippen LogP contribution in [0.3, 0.4) is 0 Å². The molecule has 0 unspecified atom stereocenters. The van der Waals surface area contributed by atoms with Crippen molar-refractivity contribution in [1.82, 2.24) is 0 Å². The summed E-state index contributed by atoms with van der Waals surface area (Å²) >= 11 is 0. The molecule has 0 radical (unpaired) electrons. The Balaban J connectivity index is 0.000000829. The van der Waals surface area contributed by atoms with Crippen molar-refractivity contribution >= 4 is 10.8 Å². The van der Waals surface area contributed by atoms with E-state index in [0.717, 1.165) is 6.07 Å². The molecule has 1 N–H and O–H groups in total. The number of terminal acetylenes is 1. The first-order chi connectivity index (χ1) is 9.56. The molecule has 3 heteroatoms. The highest BCUT2D eigenvalue weighted by molar-refractivity contribution is 5.92. The number of halogens is 2. The van der Waals surface area contributed by atoms with Crippen LogP contribution in [0, 0.1) is 30.9 Å². The van der Waals surface area contributed by atoms with Crippen LogP contribution in [0.1, 0.15) is 38.8 Å². The van der Waals surface area contributed by atoms with Gasteiger partial charge in [0.15, 0.2) is 11.6 Å². The van der Waals surface area contributed by atoms with E-state index in [1.54, 1.807) is 6.92 Å². The van der Waals surface area contributed by atoms with Crippen molar-refractivity contribution in [3.05, 3.63) is 41.0 Å². The van der Waals surface area contributed by atoms with Gasteiger partial charge in [0.1, 0.15) is 5.82 Å². The second kappa shape index (κ2) is 8.16. The molecular weight excluding hydrogens is 258 g/mol. The normalized spacial score (nSPS) is 8.90. The standard InChI is InChI=1S/C13H8F2O.2C2H6/c1-3-8-10(14)5-4-9-12(8)7(2)6-11(16)13(9)15;2*1-2/h1,4-6,16H,2H3;2*1-2H3. The lowest BCUT2D eigenvalue weighted by atomic mass is 9.99. The zero-order valence-corrected chi connectivity index (χ0v) is 12.5. The van der Waals surface area contributed by atoms with Crippen LogP contribution in [-0.4, -0.2) is 5.11 Å². The Morgan fingerprint density at radius 3 is 2.15 bits per heavy atom. The van der Waals surface area contributed by atoms with Gasteiger partial charge in [-0.15, -0.1) is 6.42 Å². The Hall–Kier alpha value is -2.08. The van der Waals surface area contributed by atoms with Gasteiger partial charge in [-0.05, 0) is 30.7 Å². The van der Waals surface area contributed by atoms with Crippen LogP contribution in [0.2, 0.25) is 0 Å². The summed E-state index contributed by atoms with van der Waals surface area (Å²) in [5, 5.41) is 9.77. The molecule has 0 heterocycles. The Labute approximate surface area is 119 Å². The smallest absolute Gasteiger partial charge is 0.172 e. The molecule has 0 saturated carbocycles. The van der Waals surface area contributed by atoms with Gasteiger partial charge in [0.25, 0.3) is 0 Å². The Kier molecular flexibility index (Phi) is 7.31. The van der Waals surface area contributed by atoms with Gasteiger partial charge in [0.2, 0.25) is 0 Å². The third kappa shape index (κ3) is 3.27. The molecule has 0 aliphatic heterocycles. The molecule has 20 heavy (non-hydrogen) atoms. The first-order valence-electron chi connectivity index (χ1n) is 6.63. The molecule has 0 amide bonds. The van der Waals surface area contributed by atoms with Crippen LogP contribution >= 0.6 is 0 Å². The van der Waals surface area contributed by atoms with E-state index in [4.69, 9.17) is 6.42 Å². The first kappa shape index (κ1) is 17.9. The molecule has 0 bridgehead atoms. The highest BCUT2D eigenvalue weighted by Crippen LogP contribution is 2.31. The number of aromatic hydroxyl groups is 1. The Morgan fingerprint density at radius 2 is 1.65 bits per heavy atom. The van der Waals surface area contributed by atoms with Crippen molar-refractivity contribution in [3.63, 3.8) is 0 Å². The van der Waals surface area contributed by atoms with Gasteiger partial charge in [0, 0.05) is 10.8 Å². The van der Waals surface area contributed by atoms with Crippen LogP contribution in [-0.2, 0) is 0 Å². The summed E-state index contributed by atoms with van der Waals surface area (Å²) in [7, 11) is 0. The maximum Gasteiger partial charge on any atom is 0.172 e. The third-order valence-corrected chi connectivity index (χ3v) is 2.51. The van der Waals surface area contributed by atoms with Crippen molar-refractivity contribution in [2.24, 2.45) is 0 Å². The van der Waals surface area contributed by atoms with Crippen LogP contribution in [0.25, 0.3) is 10.8 Å². The van der Waals surface area contributed by atoms with Gasteiger partial charge >= 0.3 is 0 Å². The fourth-order valence-electron chi connectivity index (χ4n) is 1.79. The fourth-order valence-corrected chi connectivity index (χ4v) is 1.79. The van der Waals surface area contributed by atoms with Crippen LogP contribution in [0.15, 0.2) is 18.2 Å². The minimum Gasteiger partial charge on any atom is -0.505 e. The van der Waals surface area contributed by atoms with E-state index in [1.165, 1.54) is 12.1 Å². The van der Waals surface area contributed by atoms with Gasteiger partial charge in [0.05, 0.1) is 5.56 Å². The minimum absolute atomic E-state index is 0.0221. The number of benzene rings is 2. The molecule has 2 aromatic carbocycles. The van der Waals surface area contributed by atoms with Gasteiger partial charge in [-0.3, -0.25) is 0 Å². The van der Waals surface area contributed by atoms with Gasteiger partial charge in [-0.2, -0.15) is 0 Å². The largest absolute Gasteiger partial charge is 0.505 e. The lowest BCUT2D eigenvalue weighted by Crippen LogP contribution is -1.92.